The van der Waals surface area contributed by atoms with Gasteiger partial charge in [-0.25, -0.2) is 0 Å². The van der Waals surface area contributed by atoms with Gasteiger partial charge in [0.05, 0.1) is 0 Å². The van der Waals surface area contributed by atoms with E-state index in [1.807, 2.05) is 0 Å². The molecule has 1 aromatic carbocycles. The number of hydrogen-bond acceptors (Lipinski definition) is 2. The van der Waals surface area contributed by atoms with E-state index in [1.165, 1.54) is 30.5 Å². The van der Waals surface area contributed by atoms with Crippen molar-refractivity contribution in [3.8, 4) is 0 Å². The third kappa shape index (κ3) is 2.70. The van der Waals surface area contributed by atoms with Crippen LogP contribution in [0, 0.1) is 6.92 Å². The quantitative estimate of drug-likeness (QED) is 0.868. The van der Waals surface area contributed by atoms with Gasteiger partial charge in [-0.2, -0.15) is 0 Å². The molecule has 3 unspecified atom stereocenters. The molecule has 0 aliphatic carbocycles. The Bertz CT molecular complexity index is 373. The second-order valence-electron chi connectivity index (χ2n) is 5.45. The summed E-state index contributed by atoms with van der Waals surface area (Å²) in [6.45, 7) is 7.77. The fraction of sp³-hybridized carbons (Fsp3) is 0.600. The first-order chi connectivity index (χ1) is 8.09. The van der Waals surface area contributed by atoms with Crippen LogP contribution in [-0.4, -0.2) is 23.5 Å². The highest BCUT2D eigenvalue weighted by Crippen LogP contribution is 2.31. The maximum atomic E-state index is 6.22. The monoisotopic (exact) mass is 232 g/mol. The van der Waals surface area contributed by atoms with Crippen LogP contribution in [0.4, 0.5) is 0 Å². The molecule has 0 spiro atoms. The summed E-state index contributed by atoms with van der Waals surface area (Å²) in [7, 11) is 0. The highest BCUT2D eigenvalue weighted by Gasteiger charge is 2.30. The molecule has 2 N–H and O–H groups in total. The molecule has 1 aliphatic rings. The lowest BCUT2D eigenvalue weighted by atomic mass is 9.97. The van der Waals surface area contributed by atoms with E-state index in [0.29, 0.717) is 12.1 Å². The van der Waals surface area contributed by atoms with Gasteiger partial charge in [-0.15, -0.1) is 0 Å². The Morgan fingerprint density at radius 3 is 2.71 bits per heavy atom. The summed E-state index contributed by atoms with van der Waals surface area (Å²) in [6.07, 6.45) is 2.60. The Labute approximate surface area is 105 Å². The molecule has 1 saturated heterocycles. The highest BCUT2D eigenvalue weighted by atomic mass is 15.2. The van der Waals surface area contributed by atoms with Crippen molar-refractivity contribution in [1.82, 2.24) is 4.90 Å². The van der Waals surface area contributed by atoms with Gasteiger partial charge >= 0.3 is 0 Å². The highest BCUT2D eigenvalue weighted by molar-refractivity contribution is 5.26. The number of rotatable bonds is 3. The van der Waals surface area contributed by atoms with Crippen molar-refractivity contribution < 1.29 is 0 Å². The Morgan fingerprint density at radius 2 is 2.18 bits per heavy atom. The fourth-order valence-corrected chi connectivity index (χ4v) is 3.02. The van der Waals surface area contributed by atoms with E-state index in [-0.39, 0.29) is 6.04 Å². The molecule has 2 heteroatoms. The fourth-order valence-electron chi connectivity index (χ4n) is 3.02. The second-order valence-corrected chi connectivity index (χ2v) is 5.45. The molecule has 0 aromatic heterocycles. The van der Waals surface area contributed by atoms with E-state index in [2.05, 4.69) is 49.9 Å². The molecule has 0 radical (unpaired) electrons. The summed E-state index contributed by atoms with van der Waals surface area (Å²) in [5.74, 6) is 0. The molecule has 2 rings (SSSR count). The average molecular weight is 232 g/mol. The number of hydrogen-bond donors (Lipinski definition) is 1. The number of benzene rings is 1. The molecule has 1 heterocycles. The van der Waals surface area contributed by atoms with Gasteiger partial charge in [0.25, 0.3) is 0 Å². The molecule has 1 fully saturated rings. The topological polar surface area (TPSA) is 29.3 Å². The van der Waals surface area contributed by atoms with E-state index in [0.717, 1.165) is 0 Å². The molecule has 17 heavy (non-hydrogen) atoms. The van der Waals surface area contributed by atoms with E-state index < -0.39 is 0 Å². The van der Waals surface area contributed by atoms with Gasteiger partial charge in [0.15, 0.2) is 0 Å². The van der Waals surface area contributed by atoms with Gasteiger partial charge in [-0.1, -0.05) is 29.8 Å². The number of aryl methyl sites for hydroxylation is 1. The van der Waals surface area contributed by atoms with Crippen LogP contribution in [0.1, 0.15) is 43.9 Å². The van der Waals surface area contributed by atoms with Gasteiger partial charge in [-0.05, 0) is 45.7 Å². The molecule has 0 saturated carbocycles. The predicted octanol–water partition coefficient (Wildman–Crippen LogP) is 2.87. The lowest BCUT2D eigenvalue weighted by molar-refractivity contribution is 0.170. The standard InChI is InChI=1S/C15H24N2/c1-11-6-4-8-14(10-11)15(13(3)16)17-9-5-7-12(17)2/h4,6,8,10,12-13,15H,5,7,9,16H2,1-3H3. The van der Waals surface area contributed by atoms with E-state index in [4.69, 9.17) is 5.73 Å². The maximum Gasteiger partial charge on any atom is 0.0499 e. The minimum Gasteiger partial charge on any atom is -0.326 e. The minimum atomic E-state index is 0.178. The van der Waals surface area contributed by atoms with Crippen molar-refractivity contribution in [1.29, 1.82) is 0 Å². The normalized spacial score (nSPS) is 24.8. The maximum absolute atomic E-state index is 6.22. The predicted molar refractivity (Wildman–Crippen MR) is 73.0 cm³/mol. The molecule has 1 aromatic rings. The summed E-state index contributed by atoms with van der Waals surface area (Å²) in [5, 5.41) is 0. The second kappa shape index (κ2) is 5.19. The Balaban J connectivity index is 2.28. The smallest absolute Gasteiger partial charge is 0.0499 e. The summed E-state index contributed by atoms with van der Waals surface area (Å²) in [5.41, 5.74) is 8.91. The third-order valence-electron chi connectivity index (χ3n) is 3.84. The van der Waals surface area contributed by atoms with E-state index >= 15 is 0 Å². The van der Waals surface area contributed by atoms with Crippen molar-refractivity contribution in [3.05, 3.63) is 35.4 Å². The van der Waals surface area contributed by atoms with Crippen molar-refractivity contribution in [3.63, 3.8) is 0 Å². The Morgan fingerprint density at radius 1 is 1.41 bits per heavy atom. The Hall–Kier alpha value is -0.860. The van der Waals surface area contributed by atoms with Crippen molar-refractivity contribution in [2.75, 3.05) is 6.54 Å². The van der Waals surface area contributed by atoms with Gasteiger partial charge < -0.3 is 5.73 Å². The van der Waals surface area contributed by atoms with Gasteiger partial charge in [0, 0.05) is 18.1 Å². The van der Waals surface area contributed by atoms with Crippen molar-refractivity contribution in [2.45, 2.75) is 51.7 Å². The molecular formula is C15H24N2. The van der Waals surface area contributed by atoms with E-state index in [1.54, 1.807) is 0 Å². The van der Waals surface area contributed by atoms with Crippen LogP contribution in [-0.2, 0) is 0 Å². The lowest BCUT2D eigenvalue weighted by Crippen LogP contribution is -2.41. The molecular weight excluding hydrogens is 208 g/mol. The molecule has 0 amide bonds. The van der Waals surface area contributed by atoms with Gasteiger partial charge in [0.2, 0.25) is 0 Å². The zero-order valence-electron chi connectivity index (χ0n) is 11.2. The molecule has 94 valence electrons. The zero-order valence-corrected chi connectivity index (χ0v) is 11.2. The van der Waals surface area contributed by atoms with Crippen LogP contribution in [0.5, 0.6) is 0 Å². The minimum absolute atomic E-state index is 0.178. The summed E-state index contributed by atoms with van der Waals surface area (Å²) in [6, 6.07) is 9.98. The first-order valence-corrected chi connectivity index (χ1v) is 6.67. The summed E-state index contributed by atoms with van der Waals surface area (Å²) >= 11 is 0. The Kier molecular flexibility index (Phi) is 3.85. The molecule has 0 bridgehead atoms. The van der Waals surface area contributed by atoms with E-state index in [9.17, 15) is 0 Å². The van der Waals surface area contributed by atoms with Crippen LogP contribution in [0.2, 0.25) is 0 Å². The summed E-state index contributed by atoms with van der Waals surface area (Å²) < 4.78 is 0. The average Bonchev–Trinajstić information content (AvgIpc) is 2.65. The number of nitrogens with two attached hydrogens (primary N) is 1. The third-order valence-corrected chi connectivity index (χ3v) is 3.84. The van der Waals surface area contributed by atoms with Crippen molar-refractivity contribution >= 4 is 0 Å². The van der Waals surface area contributed by atoms with Crippen molar-refractivity contribution in [2.24, 2.45) is 5.73 Å². The first-order valence-electron chi connectivity index (χ1n) is 6.67. The van der Waals surface area contributed by atoms with Gasteiger partial charge in [0.1, 0.15) is 0 Å². The summed E-state index contributed by atoms with van der Waals surface area (Å²) in [4.78, 5) is 2.57. The van der Waals surface area contributed by atoms with Crippen LogP contribution in [0.3, 0.4) is 0 Å². The first kappa shape index (κ1) is 12.6. The lowest BCUT2D eigenvalue weighted by Gasteiger charge is -2.34. The number of nitrogens with zero attached hydrogens (tertiary/aromatic N) is 1. The zero-order chi connectivity index (χ0) is 12.4. The van der Waals surface area contributed by atoms with Crippen LogP contribution in [0.15, 0.2) is 24.3 Å². The number of likely N-dealkylation sites (tertiary alicyclic amines) is 1. The van der Waals surface area contributed by atoms with Crippen LogP contribution in [0.25, 0.3) is 0 Å². The molecule has 1 aliphatic heterocycles. The van der Waals surface area contributed by atoms with Crippen LogP contribution >= 0.6 is 0 Å². The van der Waals surface area contributed by atoms with Gasteiger partial charge in [-0.3, -0.25) is 4.90 Å². The SMILES string of the molecule is Cc1cccc(C(C(C)N)N2CCCC2C)c1. The van der Waals surface area contributed by atoms with Crippen LogP contribution < -0.4 is 5.73 Å². The molecule has 3 atom stereocenters. The largest absolute Gasteiger partial charge is 0.326 e. The molecule has 2 nitrogen and oxygen atoms in total.